The van der Waals surface area contributed by atoms with Gasteiger partial charge in [0.25, 0.3) is 0 Å². The van der Waals surface area contributed by atoms with Crippen LogP contribution in [0.4, 0.5) is 17.1 Å². The van der Waals surface area contributed by atoms with Crippen molar-refractivity contribution in [1.29, 1.82) is 0 Å². The third-order valence-corrected chi connectivity index (χ3v) is 8.23. The van der Waals surface area contributed by atoms with Gasteiger partial charge in [-0.3, -0.25) is 0 Å². The molecule has 5 heteroatoms. The Hall–Kier alpha value is -4.25. The van der Waals surface area contributed by atoms with E-state index in [9.17, 15) is 4.79 Å². The maximum Gasteiger partial charge on any atom is 0.340 e. The predicted octanol–water partition coefficient (Wildman–Crippen LogP) is 9.02. The highest BCUT2D eigenvalue weighted by molar-refractivity contribution is 5.97. The number of nitrogens with one attached hydrogen (secondary N) is 1. The second kappa shape index (κ2) is 11.0. The molecule has 0 saturated heterocycles. The third kappa shape index (κ3) is 4.73. The molecule has 4 aromatic carbocycles. The van der Waals surface area contributed by atoms with E-state index in [4.69, 9.17) is 9.47 Å². The predicted molar refractivity (Wildman–Crippen MR) is 166 cm³/mol. The number of aryl methyl sites for hydroxylation is 2. The average Bonchev–Trinajstić information content (AvgIpc) is 3.27. The Balaban J connectivity index is 1.35. The molecule has 1 spiro atoms. The van der Waals surface area contributed by atoms with Gasteiger partial charge in [-0.1, -0.05) is 56.5 Å². The third-order valence-electron chi connectivity index (χ3n) is 8.23. The molecule has 0 aromatic heterocycles. The van der Waals surface area contributed by atoms with E-state index < -0.39 is 5.60 Å². The molecule has 6 rings (SSSR count). The largest absolute Gasteiger partial charge is 0.456 e. The highest BCUT2D eigenvalue weighted by Crippen LogP contribution is 2.57. The van der Waals surface area contributed by atoms with Crippen LogP contribution < -0.4 is 15.0 Å². The Morgan fingerprint density at radius 1 is 0.780 bits per heavy atom. The molecular weight excluding hydrogens is 508 g/mol. The van der Waals surface area contributed by atoms with Gasteiger partial charge in [-0.05, 0) is 80.8 Å². The molecule has 210 valence electrons. The van der Waals surface area contributed by atoms with Crippen molar-refractivity contribution in [2.45, 2.75) is 59.0 Å². The van der Waals surface area contributed by atoms with Crippen LogP contribution in [0.25, 0.3) is 0 Å². The Bertz CT molecular complexity index is 1590. The number of unbranched alkanes of at least 4 members (excludes halogenated alkanes) is 2. The van der Waals surface area contributed by atoms with Crippen molar-refractivity contribution in [2.75, 3.05) is 23.3 Å². The summed E-state index contributed by atoms with van der Waals surface area (Å²) in [5.41, 5.74) is 7.39. The van der Waals surface area contributed by atoms with Gasteiger partial charge in [0.15, 0.2) is 5.60 Å². The number of anilines is 3. The first-order valence-corrected chi connectivity index (χ1v) is 14.8. The van der Waals surface area contributed by atoms with Crippen LogP contribution in [-0.2, 0) is 10.3 Å². The molecule has 2 aliphatic rings. The molecule has 0 amide bonds. The first kappa shape index (κ1) is 26.9. The summed E-state index contributed by atoms with van der Waals surface area (Å²) in [5.74, 6) is 1.11. The van der Waals surface area contributed by atoms with Crippen LogP contribution in [-0.4, -0.2) is 19.1 Å². The van der Waals surface area contributed by atoms with Gasteiger partial charge in [0, 0.05) is 52.9 Å². The van der Waals surface area contributed by atoms with E-state index in [-0.39, 0.29) is 5.97 Å². The van der Waals surface area contributed by atoms with Crippen molar-refractivity contribution >= 4 is 23.0 Å². The van der Waals surface area contributed by atoms with Gasteiger partial charge >= 0.3 is 5.97 Å². The summed E-state index contributed by atoms with van der Waals surface area (Å²) in [6.07, 6.45) is 4.78. The number of hydrogen-bond acceptors (Lipinski definition) is 5. The SMILES string of the molecule is CCCCN(CCCC)c1ccc(Nc2ccc3c(c2)Oc2c(C)cc(C)cc2C32OC(=O)c3ccccc32)cc1. The minimum Gasteiger partial charge on any atom is -0.456 e. The Labute approximate surface area is 243 Å². The van der Waals surface area contributed by atoms with Crippen LogP contribution >= 0.6 is 0 Å². The van der Waals surface area contributed by atoms with Crippen molar-refractivity contribution in [3.05, 3.63) is 112 Å². The van der Waals surface area contributed by atoms with Crippen LogP contribution in [0.15, 0.2) is 78.9 Å². The standard InChI is InChI=1S/C36H38N2O3/c1-5-7-19-38(20-8-6-2)28-16-13-26(14-17-28)37-27-15-18-31-33(23-27)40-34-25(4)21-24(3)22-32(34)36(31)30-12-10-9-11-29(30)35(39)41-36/h9-18,21-23,37H,5-8,19-20H2,1-4H3. The number of carbonyl (C=O) groups excluding carboxylic acids is 1. The smallest absolute Gasteiger partial charge is 0.340 e. The zero-order valence-corrected chi connectivity index (χ0v) is 24.4. The molecule has 0 aliphatic carbocycles. The summed E-state index contributed by atoms with van der Waals surface area (Å²) in [6.45, 7) is 10.8. The van der Waals surface area contributed by atoms with Crippen molar-refractivity contribution < 1.29 is 14.3 Å². The summed E-state index contributed by atoms with van der Waals surface area (Å²) in [5, 5.41) is 3.55. The Morgan fingerprint density at radius 2 is 1.49 bits per heavy atom. The lowest BCUT2D eigenvalue weighted by atomic mass is 9.76. The average molecular weight is 547 g/mol. The lowest BCUT2D eigenvalue weighted by Crippen LogP contribution is -2.33. The molecule has 4 aromatic rings. The second-order valence-electron chi connectivity index (χ2n) is 11.3. The van der Waals surface area contributed by atoms with Gasteiger partial charge in [0.2, 0.25) is 0 Å². The number of fused-ring (bicyclic) bond motifs is 6. The highest BCUT2D eigenvalue weighted by atomic mass is 16.6. The maximum atomic E-state index is 13.1. The number of rotatable bonds is 9. The van der Waals surface area contributed by atoms with Crippen molar-refractivity contribution in [3.63, 3.8) is 0 Å². The fourth-order valence-electron chi connectivity index (χ4n) is 6.19. The minimum absolute atomic E-state index is 0.312. The molecular formula is C36H38N2O3. The van der Waals surface area contributed by atoms with Crippen molar-refractivity contribution in [2.24, 2.45) is 0 Å². The number of benzene rings is 4. The summed E-state index contributed by atoms with van der Waals surface area (Å²) in [4.78, 5) is 15.6. The van der Waals surface area contributed by atoms with Crippen LogP contribution in [0.1, 0.15) is 77.7 Å². The van der Waals surface area contributed by atoms with E-state index in [1.165, 1.54) is 31.4 Å². The van der Waals surface area contributed by atoms with E-state index >= 15 is 0 Å². The van der Waals surface area contributed by atoms with Crippen LogP contribution in [0.2, 0.25) is 0 Å². The first-order valence-electron chi connectivity index (χ1n) is 14.8. The first-order chi connectivity index (χ1) is 19.9. The van der Waals surface area contributed by atoms with Crippen molar-refractivity contribution in [3.8, 4) is 11.5 Å². The Kier molecular flexibility index (Phi) is 7.21. The molecule has 1 atom stereocenters. The number of nitrogens with zero attached hydrogens (tertiary/aromatic N) is 1. The zero-order valence-electron chi connectivity index (χ0n) is 24.4. The molecule has 2 aliphatic heterocycles. The zero-order chi connectivity index (χ0) is 28.6. The maximum absolute atomic E-state index is 13.1. The monoisotopic (exact) mass is 546 g/mol. The summed E-state index contributed by atoms with van der Waals surface area (Å²) >= 11 is 0. The normalized spacial score (nSPS) is 16.4. The van der Waals surface area contributed by atoms with Gasteiger partial charge in [0.05, 0.1) is 5.56 Å². The molecule has 0 radical (unpaired) electrons. The van der Waals surface area contributed by atoms with Crippen molar-refractivity contribution in [1.82, 2.24) is 0 Å². The van der Waals surface area contributed by atoms with Gasteiger partial charge < -0.3 is 19.7 Å². The van der Waals surface area contributed by atoms with Gasteiger partial charge in [-0.2, -0.15) is 0 Å². The summed E-state index contributed by atoms with van der Waals surface area (Å²) < 4.78 is 12.9. The van der Waals surface area contributed by atoms with E-state index in [1.807, 2.05) is 49.4 Å². The molecule has 0 fully saturated rings. The molecule has 2 heterocycles. The van der Waals surface area contributed by atoms with Gasteiger partial charge in [0.1, 0.15) is 11.5 Å². The molecule has 1 N–H and O–H groups in total. The molecule has 0 saturated carbocycles. The van der Waals surface area contributed by atoms with Gasteiger partial charge in [-0.25, -0.2) is 4.79 Å². The van der Waals surface area contributed by atoms with Crippen LogP contribution in [0.5, 0.6) is 11.5 Å². The molecule has 0 bridgehead atoms. The van der Waals surface area contributed by atoms with Crippen LogP contribution in [0, 0.1) is 13.8 Å². The van der Waals surface area contributed by atoms with Crippen LogP contribution in [0.3, 0.4) is 0 Å². The summed E-state index contributed by atoms with van der Waals surface area (Å²) in [7, 11) is 0. The molecule has 1 unspecified atom stereocenters. The fraction of sp³-hybridized carbons (Fsp3) is 0.306. The van der Waals surface area contributed by atoms with E-state index in [0.29, 0.717) is 11.3 Å². The lowest BCUT2D eigenvalue weighted by molar-refractivity contribution is 0.0223. The lowest BCUT2D eigenvalue weighted by Gasteiger charge is -2.37. The summed E-state index contributed by atoms with van der Waals surface area (Å²) in [6, 6.07) is 26.6. The Morgan fingerprint density at radius 3 is 2.22 bits per heavy atom. The minimum atomic E-state index is -1.05. The fourth-order valence-corrected chi connectivity index (χ4v) is 6.19. The number of esters is 1. The molecule has 41 heavy (non-hydrogen) atoms. The van der Waals surface area contributed by atoms with E-state index in [0.717, 1.165) is 58.0 Å². The van der Waals surface area contributed by atoms with Gasteiger partial charge in [-0.15, -0.1) is 0 Å². The number of ether oxygens (including phenoxy) is 2. The number of carbonyl (C=O) groups is 1. The highest BCUT2D eigenvalue weighted by Gasteiger charge is 2.53. The molecule has 5 nitrogen and oxygen atoms in total. The topological polar surface area (TPSA) is 50.8 Å². The number of hydrogen-bond donors (Lipinski definition) is 1. The van der Waals surface area contributed by atoms with E-state index in [2.05, 4.69) is 67.4 Å². The van der Waals surface area contributed by atoms with E-state index in [1.54, 1.807) is 0 Å². The second-order valence-corrected chi connectivity index (χ2v) is 11.3. The quantitative estimate of drug-likeness (QED) is 0.212.